The second-order valence-electron chi connectivity index (χ2n) is 6.51. The van der Waals surface area contributed by atoms with Crippen LogP contribution in [-0.2, 0) is 20.7 Å². The summed E-state index contributed by atoms with van der Waals surface area (Å²) in [6.07, 6.45) is 0.490. The van der Waals surface area contributed by atoms with E-state index in [1.807, 2.05) is 32.0 Å². The van der Waals surface area contributed by atoms with Gasteiger partial charge in [-0.05, 0) is 44.0 Å². The standard InChI is InChI=1S/C21H21NO5/c1-12-5-4-6-13(2)20(12)22-21(25)14(3)27-19(24)9-15-11-26-18-10-16(23)7-8-17(15)18/h4-8,10-11,14,23H,9H2,1-3H3,(H,22,25)/t14-/m1/s1. The number of nitrogens with one attached hydrogen (secondary N) is 1. The molecule has 2 aromatic carbocycles. The average Bonchev–Trinajstić information content (AvgIpc) is 2.99. The van der Waals surface area contributed by atoms with Gasteiger partial charge in [-0.25, -0.2) is 0 Å². The lowest BCUT2D eigenvalue weighted by atomic mass is 10.1. The SMILES string of the molecule is Cc1cccc(C)c1NC(=O)[C@@H](C)OC(=O)Cc1coc2cc(O)ccc12. The largest absolute Gasteiger partial charge is 0.508 e. The van der Waals surface area contributed by atoms with E-state index in [4.69, 9.17) is 9.15 Å². The fraction of sp³-hybridized carbons (Fsp3) is 0.238. The third kappa shape index (κ3) is 4.11. The number of phenolic OH excluding ortho intramolecular Hbond substituents is 1. The van der Waals surface area contributed by atoms with Crippen LogP contribution in [0.2, 0.25) is 0 Å². The minimum atomic E-state index is -0.932. The van der Waals surface area contributed by atoms with Crippen molar-refractivity contribution in [1.29, 1.82) is 0 Å². The summed E-state index contributed by atoms with van der Waals surface area (Å²) in [6, 6.07) is 10.4. The van der Waals surface area contributed by atoms with Gasteiger partial charge in [0.1, 0.15) is 11.3 Å². The number of amides is 1. The van der Waals surface area contributed by atoms with E-state index in [2.05, 4.69) is 5.32 Å². The predicted octanol–water partition coefficient (Wildman–Crippen LogP) is 3.87. The zero-order valence-electron chi connectivity index (χ0n) is 15.4. The van der Waals surface area contributed by atoms with Crippen LogP contribution in [0.15, 0.2) is 47.1 Å². The summed E-state index contributed by atoms with van der Waals surface area (Å²) in [4.78, 5) is 24.6. The van der Waals surface area contributed by atoms with Crippen LogP contribution in [0.5, 0.6) is 5.75 Å². The maximum atomic E-state index is 12.4. The third-order valence-corrected chi connectivity index (χ3v) is 4.38. The number of carbonyl (C=O) groups excluding carboxylic acids is 2. The van der Waals surface area contributed by atoms with E-state index in [0.717, 1.165) is 22.2 Å². The maximum Gasteiger partial charge on any atom is 0.311 e. The number of anilines is 1. The van der Waals surface area contributed by atoms with Gasteiger partial charge < -0.3 is 19.6 Å². The Balaban J connectivity index is 1.63. The van der Waals surface area contributed by atoms with Crippen LogP contribution in [0.1, 0.15) is 23.6 Å². The van der Waals surface area contributed by atoms with Gasteiger partial charge in [0.2, 0.25) is 0 Å². The molecule has 6 heteroatoms. The molecule has 0 aliphatic heterocycles. The molecule has 0 fully saturated rings. The highest BCUT2D eigenvalue weighted by atomic mass is 16.5. The van der Waals surface area contributed by atoms with Gasteiger partial charge >= 0.3 is 5.97 Å². The number of furan rings is 1. The molecule has 1 aromatic heterocycles. The number of hydrogen-bond acceptors (Lipinski definition) is 5. The smallest absolute Gasteiger partial charge is 0.311 e. The van der Waals surface area contributed by atoms with Crippen molar-refractivity contribution >= 4 is 28.5 Å². The molecule has 2 N–H and O–H groups in total. The van der Waals surface area contributed by atoms with Gasteiger partial charge in [0, 0.05) is 22.7 Å². The highest BCUT2D eigenvalue weighted by Gasteiger charge is 2.20. The van der Waals surface area contributed by atoms with Crippen LogP contribution in [0.3, 0.4) is 0 Å². The molecule has 6 nitrogen and oxygen atoms in total. The highest BCUT2D eigenvalue weighted by molar-refractivity contribution is 5.96. The quantitative estimate of drug-likeness (QED) is 0.668. The summed E-state index contributed by atoms with van der Waals surface area (Å²) in [6.45, 7) is 5.34. The van der Waals surface area contributed by atoms with E-state index in [-0.39, 0.29) is 18.1 Å². The Morgan fingerprint density at radius 1 is 1.19 bits per heavy atom. The van der Waals surface area contributed by atoms with E-state index in [0.29, 0.717) is 11.1 Å². The van der Waals surface area contributed by atoms with Crippen molar-refractivity contribution in [3.8, 4) is 5.75 Å². The first kappa shape index (κ1) is 18.5. The van der Waals surface area contributed by atoms with Gasteiger partial charge in [-0.2, -0.15) is 0 Å². The molecule has 0 aliphatic carbocycles. The molecule has 0 saturated heterocycles. The zero-order chi connectivity index (χ0) is 19.6. The second kappa shape index (κ2) is 7.53. The number of carbonyl (C=O) groups is 2. The summed E-state index contributed by atoms with van der Waals surface area (Å²) in [5.41, 5.74) is 3.73. The topological polar surface area (TPSA) is 88.8 Å². The summed E-state index contributed by atoms with van der Waals surface area (Å²) in [7, 11) is 0. The Kier molecular flexibility index (Phi) is 5.16. The molecule has 27 heavy (non-hydrogen) atoms. The Labute approximate surface area is 156 Å². The van der Waals surface area contributed by atoms with Crippen LogP contribution in [0.25, 0.3) is 11.0 Å². The van der Waals surface area contributed by atoms with Crippen LogP contribution < -0.4 is 5.32 Å². The van der Waals surface area contributed by atoms with Crippen LogP contribution >= 0.6 is 0 Å². The fourth-order valence-electron chi connectivity index (χ4n) is 2.89. The van der Waals surface area contributed by atoms with Gasteiger partial charge in [0.25, 0.3) is 5.91 Å². The number of esters is 1. The normalized spacial score (nSPS) is 12.0. The van der Waals surface area contributed by atoms with Crippen molar-refractivity contribution in [2.45, 2.75) is 33.3 Å². The number of rotatable bonds is 5. The van der Waals surface area contributed by atoms with Crippen LogP contribution in [-0.4, -0.2) is 23.1 Å². The van der Waals surface area contributed by atoms with Gasteiger partial charge in [-0.3, -0.25) is 9.59 Å². The molecule has 1 atom stereocenters. The van der Waals surface area contributed by atoms with Crippen molar-refractivity contribution in [2.75, 3.05) is 5.32 Å². The Morgan fingerprint density at radius 2 is 1.89 bits per heavy atom. The number of phenols is 1. The molecule has 0 unspecified atom stereocenters. The third-order valence-electron chi connectivity index (χ3n) is 4.38. The van der Waals surface area contributed by atoms with Crippen molar-refractivity contribution in [3.63, 3.8) is 0 Å². The molecule has 3 rings (SSSR count). The van der Waals surface area contributed by atoms with Gasteiger partial charge in [-0.1, -0.05) is 18.2 Å². The molecular weight excluding hydrogens is 346 g/mol. The second-order valence-corrected chi connectivity index (χ2v) is 6.51. The van der Waals surface area contributed by atoms with Crippen molar-refractivity contribution in [3.05, 3.63) is 59.4 Å². The monoisotopic (exact) mass is 367 g/mol. The number of aromatic hydroxyl groups is 1. The first-order valence-corrected chi connectivity index (χ1v) is 8.61. The van der Waals surface area contributed by atoms with Crippen molar-refractivity contribution in [1.82, 2.24) is 0 Å². The van der Waals surface area contributed by atoms with Crippen LogP contribution in [0.4, 0.5) is 5.69 Å². The molecule has 140 valence electrons. The molecule has 0 radical (unpaired) electrons. The Hall–Kier alpha value is -3.28. The van der Waals surface area contributed by atoms with Crippen molar-refractivity contribution in [2.24, 2.45) is 0 Å². The summed E-state index contributed by atoms with van der Waals surface area (Å²) >= 11 is 0. The minimum absolute atomic E-state index is 0.0290. The van der Waals surface area contributed by atoms with E-state index in [1.54, 1.807) is 6.07 Å². The van der Waals surface area contributed by atoms with Crippen molar-refractivity contribution < 1.29 is 23.8 Å². The van der Waals surface area contributed by atoms with E-state index < -0.39 is 12.1 Å². The molecular formula is C21H21NO5. The first-order chi connectivity index (χ1) is 12.8. The number of para-hydroxylation sites is 1. The number of hydrogen-bond donors (Lipinski definition) is 2. The Bertz CT molecular complexity index is 985. The minimum Gasteiger partial charge on any atom is -0.508 e. The van der Waals surface area contributed by atoms with E-state index >= 15 is 0 Å². The summed E-state index contributed by atoms with van der Waals surface area (Å²) in [5, 5.41) is 13.0. The maximum absolute atomic E-state index is 12.4. The lowest BCUT2D eigenvalue weighted by Crippen LogP contribution is -2.31. The van der Waals surface area contributed by atoms with Gasteiger partial charge in [0.15, 0.2) is 6.10 Å². The number of fused-ring (bicyclic) bond motifs is 1. The first-order valence-electron chi connectivity index (χ1n) is 8.61. The fourth-order valence-corrected chi connectivity index (χ4v) is 2.89. The molecule has 0 saturated carbocycles. The van der Waals surface area contributed by atoms with Gasteiger partial charge in [-0.15, -0.1) is 0 Å². The predicted molar refractivity (Wildman–Crippen MR) is 102 cm³/mol. The molecule has 3 aromatic rings. The Morgan fingerprint density at radius 3 is 2.59 bits per heavy atom. The molecule has 1 heterocycles. The highest BCUT2D eigenvalue weighted by Crippen LogP contribution is 2.25. The van der Waals surface area contributed by atoms with E-state index in [9.17, 15) is 14.7 Å². The summed E-state index contributed by atoms with van der Waals surface area (Å²) in [5.74, 6) is -0.833. The molecule has 1 amide bonds. The number of benzene rings is 2. The molecule has 0 bridgehead atoms. The molecule has 0 aliphatic rings. The van der Waals surface area contributed by atoms with E-state index in [1.165, 1.54) is 25.3 Å². The zero-order valence-corrected chi connectivity index (χ0v) is 15.4. The summed E-state index contributed by atoms with van der Waals surface area (Å²) < 4.78 is 10.6. The lowest BCUT2D eigenvalue weighted by Gasteiger charge is -2.16. The van der Waals surface area contributed by atoms with Crippen LogP contribution in [0, 0.1) is 13.8 Å². The number of ether oxygens (including phenoxy) is 1. The lowest BCUT2D eigenvalue weighted by molar-refractivity contribution is -0.152. The molecule has 0 spiro atoms. The number of aryl methyl sites for hydroxylation is 2. The average molecular weight is 367 g/mol. The van der Waals surface area contributed by atoms with Gasteiger partial charge in [0.05, 0.1) is 12.7 Å².